The molecule has 4 rings (SSSR count). The van der Waals surface area contributed by atoms with E-state index in [1.54, 1.807) is 30.8 Å². The van der Waals surface area contributed by atoms with Gasteiger partial charge in [0.25, 0.3) is 0 Å². The van der Waals surface area contributed by atoms with Gasteiger partial charge >= 0.3 is 0 Å². The molecule has 4 aromatic carbocycles. The second kappa shape index (κ2) is 34.9. The van der Waals surface area contributed by atoms with Crippen LogP contribution in [0.2, 0.25) is 0 Å². The van der Waals surface area contributed by atoms with Gasteiger partial charge in [-0.1, -0.05) is 51.6 Å². The van der Waals surface area contributed by atoms with Crippen molar-refractivity contribution >= 4 is 70.7 Å². The van der Waals surface area contributed by atoms with Crippen LogP contribution in [0.5, 0.6) is 0 Å². The van der Waals surface area contributed by atoms with Crippen LogP contribution in [0.25, 0.3) is 0 Å². The third-order valence-corrected chi connectivity index (χ3v) is 10.6. The Morgan fingerprint density at radius 1 is 0.661 bits per heavy atom. The molecule has 0 bridgehead atoms. The first-order chi connectivity index (χ1) is 29.4. The molecule has 0 aliphatic rings. The van der Waals surface area contributed by atoms with Crippen LogP contribution in [-0.4, -0.2) is 68.3 Å². The van der Waals surface area contributed by atoms with E-state index in [2.05, 4.69) is 60.7 Å². The van der Waals surface area contributed by atoms with Gasteiger partial charge in [0.1, 0.15) is 0 Å². The maximum absolute atomic E-state index is 10.00. The fourth-order valence-electron chi connectivity index (χ4n) is 5.77. The van der Waals surface area contributed by atoms with Gasteiger partial charge in [0.2, 0.25) is 12.2 Å². The van der Waals surface area contributed by atoms with E-state index in [0.717, 1.165) is 129 Å². The van der Waals surface area contributed by atoms with E-state index in [1.165, 1.54) is 40.5 Å². The largest absolute Gasteiger partial charge is 0.399 e. The van der Waals surface area contributed by atoms with Crippen molar-refractivity contribution in [1.29, 1.82) is 0 Å². The zero-order chi connectivity index (χ0) is 45.4. The standard InChI is InChI=1S/C17H22N2.C12H26O4.C9H6N2O2.C9H14N2S2.CH4/c1-3-14-10-12(5-7-16(14)18)9-13-6-8-17(19)15(4-2)11-13;13-7-1-3-9-15-11-5-6-12-16-10-4-2-8-14;1-7-2-3-8(10-5-12)4-9(7)11-6-13;1-5-6(4-12)3-7(10)9(13-2)8(5)11;/h5-8,10-11H,3-4,9,18-19H2,1-2H3;13-14H,1-12H2;2-4H,1H3;3,12H,4,10-11H2,1-2H3;1H4. The van der Waals surface area contributed by atoms with E-state index in [9.17, 15) is 9.59 Å². The first-order valence-electron chi connectivity index (χ1n) is 20.6. The van der Waals surface area contributed by atoms with E-state index in [1.807, 2.05) is 31.4 Å². The molecule has 0 spiro atoms. The van der Waals surface area contributed by atoms with Crippen molar-refractivity contribution in [3.8, 4) is 0 Å². The topological polar surface area (TPSA) is 222 Å². The molecule has 0 saturated carbocycles. The number of aryl methyl sites for hydroxylation is 3. The number of nitrogen functional groups attached to an aromatic ring is 4. The van der Waals surface area contributed by atoms with Gasteiger partial charge in [-0.25, -0.2) is 9.59 Å². The summed E-state index contributed by atoms with van der Waals surface area (Å²) in [6, 6.07) is 19.5. The van der Waals surface area contributed by atoms with Crippen LogP contribution in [0.15, 0.2) is 75.5 Å². The average molecular weight is 893 g/mol. The molecule has 0 fully saturated rings. The smallest absolute Gasteiger partial charge is 0.240 e. The van der Waals surface area contributed by atoms with Crippen molar-refractivity contribution < 1.29 is 29.3 Å². The molecular weight excluding hydrogens is 821 g/mol. The Labute approximate surface area is 380 Å². The fraction of sp³-hybridized carbons (Fsp3) is 0.458. The van der Waals surface area contributed by atoms with Gasteiger partial charge in [-0.15, -0.1) is 11.8 Å². The number of ether oxygens (including phenoxy) is 2. The van der Waals surface area contributed by atoms with Gasteiger partial charge in [0.05, 0.1) is 22.0 Å². The number of thiol groups is 1. The normalized spacial score (nSPS) is 10.0. The summed E-state index contributed by atoms with van der Waals surface area (Å²) < 4.78 is 10.8. The lowest BCUT2D eigenvalue weighted by Gasteiger charge is -2.13. The van der Waals surface area contributed by atoms with Crippen LogP contribution in [-0.2, 0) is 44.1 Å². The molecule has 0 unspecified atom stereocenters. The number of rotatable bonds is 21. The molecule has 0 heterocycles. The Morgan fingerprint density at radius 3 is 1.56 bits per heavy atom. The molecule has 0 amide bonds. The number of aliphatic hydroxyl groups is 2. The van der Waals surface area contributed by atoms with Gasteiger partial charge in [0.15, 0.2) is 0 Å². The minimum atomic E-state index is 0. The predicted octanol–water partition coefficient (Wildman–Crippen LogP) is 9.79. The number of thioether (sulfide) groups is 1. The Kier molecular flexibility index (Phi) is 32.3. The van der Waals surface area contributed by atoms with Crippen LogP contribution >= 0.6 is 24.4 Å². The number of unbranched alkanes of at least 4 members (excludes halogenated alkanes) is 3. The number of benzene rings is 4. The van der Waals surface area contributed by atoms with Gasteiger partial charge in [-0.3, -0.25) is 0 Å². The number of nitrogens with zero attached hydrogens (tertiary/aromatic N) is 2. The Morgan fingerprint density at radius 2 is 1.15 bits per heavy atom. The third-order valence-electron chi connectivity index (χ3n) is 9.44. The zero-order valence-corrected chi connectivity index (χ0v) is 38.4. The molecule has 0 aromatic heterocycles. The summed E-state index contributed by atoms with van der Waals surface area (Å²) in [4.78, 5) is 27.7. The average Bonchev–Trinajstić information content (AvgIpc) is 3.26. The molecule has 14 heteroatoms. The number of nitrogens with two attached hydrogens (primary N) is 4. The van der Waals surface area contributed by atoms with Gasteiger partial charge in [0, 0.05) is 62.5 Å². The molecule has 12 nitrogen and oxygen atoms in total. The van der Waals surface area contributed by atoms with E-state index in [0.29, 0.717) is 17.1 Å². The highest BCUT2D eigenvalue weighted by Crippen LogP contribution is 2.34. The molecule has 62 heavy (non-hydrogen) atoms. The summed E-state index contributed by atoms with van der Waals surface area (Å²) in [5.74, 6) is 0.675. The van der Waals surface area contributed by atoms with Crippen LogP contribution in [0.1, 0.15) is 98.7 Å². The summed E-state index contributed by atoms with van der Waals surface area (Å²) in [6.45, 7) is 11.6. The van der Waals surface area contributed by atoms with Crippen molar-refractivity contribution in [1.82, 2.24) is 0 Å². The lowest BCUT2D eigenvalue weighted by atomic mass is 9.98. The summed E-state index contributed by atoms with van der Waals surface area (Å²) in [5, 5.41) is 17.1. The summed E-state index contributed by atoms with van der Waals surface area (Å²) >= 11 is 5.80. The van der Waals surface area contributed by atoms with Crippen molar-refractivity contribution in [2.24, 2.45) is 9.98 Å². The highest BCUT2D eigenvalue weighted by Gasteiger charge is 2.09. The van der Waals surface area contributed by atoms with Crippen molar-refractivity contribution in [3.05, 3.63) is 99.6 Å². The van der Waals surface area contributed by atoms with E-state index in [-0.39, 0.29) is 20.6 Å². The van der Waals surface area contributed by atoms with Gasteiger partial charge in [-0.2, -0.15) is 22.6 Å². The molecule has 0 radical (unpaired) electrons. The maximum Gasteiger partial charge on any atom is 0.240 e. The number of isocyanates is 2. The van der Waals surface area contributed by atoms with Gasteiger partial charge < -0.3 is 42.6 Å². The first-order valence-corrected chi connectivity index (χ1v) is 22.5. The summed E-state index contributed by atoms with van der Waals surface area (Å²) in [7, 11) is 0. The lowest BCUT2D eigenvalue weighted by molar-refractivity contribution is 0.0960. The molecule has 0 saturated heterocycles. The second-order valence-electron chi connectivity index (χ2n) is 14.0. The predicted molar refractivity (Wildman–Crippen MR) is 265 cm³/mol. The van der Waals surface area contributed by atoms with Crippen LogP contribution < -0.4 is 22.9 Å². The van der Waals surface area contributed by atoms with Crippen LogP contribution in [0.3, 0.4) is 0 Å². The highest BCUT2D eigenvalue weighted by molar-refractivity contribution is 7.99. The minimum Gasteiger partial charge on any atom is -0.399 e. The second-order valence-corrected chi connectivity index (χ2v) is 15.1. The number of aliphatic hydroxyl groups excluding tert-OH is 2. The SMILES string of the molecule is C.CCc1cc(Cc2ccc(N)c(CC)c2)ccc1N.CSc1c(N)cc(CS)c(C)c1N.Cc1ccc(N=C=O)cc1N=C=O.OCCCCOCCCCOCCCCO. The monoisotopic (exact) mass is 892 g/mol. The van der Waals surface area contributed by atoms with Crippen LogP contribution in [0, 0.1) is 13.8 Å². The Bertz CT molecular complexity index is 1900. The van der Waals surface area contributed by atoms with Gasteiger partial charge in [-0.05, 0) is 147 Å². The molecule has 342 valence electrons. The molecule has 0 aliphatic carbocycles. The molecule has 0 aliphatic heterocycles. The summed E-state index contributed by atoms with van der Waals surface area (Å²) in [5.41, 5.74) is 35.9. The first kappa shape index (κ1) is 57.4. The Hall–Kier alpha value is -4.62. The van der Waals surface area contributed by atoms with Crippen LogP contribution in [0.4, 0.5) is 34.1 Å². The number of hydrogen-bond donors (Lipinski definition) is 7. The molecule has 4 aromatic rings. The number of anilines is 4. The zero-order valence-electron chi connectivity index (χ0n) is 36.7. The van der Waals surface area contributed by atoms with E-state index in [4.69, 9.17) is 42.6 Å². The third kappa shape index (κ3) is 22.5. The maximum atomic E-state index is 10.00. The molecule has 10 N–H and O–H groups in total. The van der Waals surface area contributed by atoms with Crippen molar-refractivity contribution in [2.75, 3.05) is 68.8 Å². The fourth-order valence-corrected chi connectivity index (χ4v) is 6.77. The highest BCUT2D eigenvalue weighted by atomic mass is 32.2. The lowest BCUT2D eigenvalue weighted by Crippen LogP contribution is -2.02. The molecular formula is C48H72N6O6S2. The number of aliphatic imine (C=N–C) groups is 2. The molecule has 0 atom stereocenters. The Balaban J connectivity index is 0.000000806. The van der Waals surface area contributed by atoms with Crippen molar-refractivity contribution in [3.63, 3.8) is 0 Å². The van der Waals surface area contributed by atoms with E-state index < -0.39 is 0 Å². The quantitative estimate of drug-likeness (QED) is 0.0104. The summed E-state index contributed by atoms with van der Waals surface area (Å²) in [6.07, 6.45) is 13.3. The van der Waals surface area contributed by atoms with E-state index >= 15 is 0 Å². The number of carbonyl (C=O) groups excluding carboxylic acids is 2. The number of hydrogen-bond acceptors (Lipinski definition) is 14. The van der Waals surface area contributed by atoms with Crippen molar-refractivity contribution in [2.45, 2.75) is 104 Å². The minimum absolute atomic E-state index is 0.